The molecule has 1 fully saturated rings. The molecule has 1 aliphatic heterocycles. The van der Waals surface area contributed by atoms with Gasteiger partial charge in [-0.3, -0.25) is 4.79 Å². The quantitative estimate of drug-likeness (QED) is 0.474. The number of nitrogens with one attached hydrogen (secondary N) is 1. The van der Waals surface area contributed by atoms with Crippen molar-refractivity contribution < 1.29 is 23.0 Å². The number of halogens is 2. The van der Waals surface area contributed by atoms with Crippen LogP contribution in [0.1, 0.15) is 36.7 Å². The van der Waals surface area contributed by atoms with Crippen molar-refractivity contribution in [2.24, 2.45) is 0 Å². The van der Waals surface area contributed by atoms with Crippen LogP contribution >= 0.6 is 0 Å². The van der Waals surface area contributed by atoms with Crippen molar-refractivity contribution in [1.29, 1.82) is 0 Å². The van der Waals surface area contributed by atoms with E-state index in [1.165, 1.54) is 12.1 Å². The fourth-order valence-corrected chi connectivity index (χ4v) is 4.31. The fourth-order valence-electron chi connectivity index (χ4n) is 4.31. The molecule has 2 heterocycles. The third-order valence-electron chi connectivity index (χ3n) is 5.79. The Morgan fingerprint density at radius 1 is 1.09 bits per heavy atom. The largest absolute Gasteiger partial charge is 0.433 e. The van der Waals surface area contributed by atoms with Crippen LogP contribution in [0.2, 0.25) is 0 Å². The third-order valence-corrected chi connectivity index (χ3v) is 5.79. The molecule has 1 aliphatic rings. The minimum Gasteiger partial charge on any atom is -0.433 e. The van der Waals surface area contributed by atoms with Gasteiger partial charge in [-0.25, -0.2) is 4.98 Å². The molecule has 6 nitrogen and oxygen atoms in total. The van der Waals surface area contributed by atoms with E-state index in [4.69, 9.17) is 4.74 Å². The molecule has 2 aromatic carbocycles. The molecule has 1 aromatic heterocycles. The van der Waals surface area contributed by atoms with Crippen LogP contribution in [0.5, 0.6) is 5.75 Å². The number of morpholine rings is 1. The lowest BCUT2D eigenvalue weighted by atomic mass is 9.96. The molecule has 8 heteroatoms. The molecule has 0 bridgehead atoms. The fraction of sp³-hybridized carbons (Fsp3) is 0.333. The van der Waals surface area contributed by atoms with Crippen LogP contribution in [0, 0.1) is 6.92 Å². The number of pyridine rings is 1. The highest BCUT2D eigenvalue weighted by Gasteiger charge is 2.24. The molecule has 35 heavy (non-hydrogen) atoms. The van der Waals surface area contributed by atoms with E-state index < -0.39 is 6.11 Å². The summed E-state index contributed by atoms with van der Waals surface area (Å²) in [6.07, 6.45) is -1.33. The number of benzene rings is 2. The zero-order valence-electron chi connectivity index (χ0n) is 20.2. The smallest absolute Gasteiger partial charge is 0.394 e. The van der Waals surface area contributed by atoms with Gasteiger partial charge in [-0.1, -0.05) is 24.3 Å². The van der Waals surface area contributed by atoms with Crippen LogP contribution < -0.4 is 15.0 Å². The molecular formula is C27H29F2N3O3. The number of hydrogen-bond donors (Lipinski definition) is 1. The van der Waals surface area contributed by atoms with Crippen molar-refractivity contribution >= 4 is 17.4 Å². The topological polar surface area (TPSA) is 63.7 Å². The zero-order chi connectivity index (χ0) is 25.2. The summed E-state index contributed by atoms with van der Waals surface area (Å²) in [7, 11) is 0. The summed E-state index contributed by atoms with van der Waals surface area (Å²) < 4.78 is 36.5. The predicted molar refractivity (Wildman–Crippen MR) is 132 cm³/mol. The highest BCUT2D eigenvalue weighted by molar-refractivity contribution is 6.06. The maximum atomic E-state index is 13.1. The first-order chi connectivity index (χ1) is 16.6. The van der Waals surface area contributed by atoms with Crippen molar-refractivity contribution in [2.75, 3.05) is 23.3 Å². The van der Waals surface area contributed by atoms with Crippen molar-refractivity contribution in [3.63, 3.8) is 0 Å². The Balaban J connectivity index is 1.47. The van der Waals surface area contributed by atoms with Crippen molar-refractivity contribution in [2.45, 2.75) is 46.0 Å². The van der Waals surface area contributed by atoms with Crippen molar-refractivity contribution in [1.82, 2.24) is 4.98 Å². The van der Waals surface area contributed by atoms with E-state index in [9.17, 15) is 13.6 Å². The van der Waals surface area contributed by atoms with E-state index in [1.807, 2.05) is 39.0 Å². The first-order valence-corrected chi connectivity index (χ1v) is 11.5. The summed E-state index contributed by atoms with van der Waals surface area (Å²) in [5.74, 6) is 0.666. The summed E-state index contributed by atoms with van der Waals surface area (Å²) in [4.78, 5) is 19.7. The predicted octanol–water partition coefficient (Wildman–Crippen LogP) is 5.91. The van der Waals surface area contributed by atoms with Crippen LogP contribution in [0.15, 0.2) is 60.8 Å². The van der Waals surface area contributed by atoms with Crippen molar-refractivity contribution in [3.05, 3.63) is 71.9 Å². The summed E-state index contributed by atoms with van der Waals surface area (Å²) in [6.45, 7) is 8.17. The number of carbonyl (C=O) groups excluding carboxylic acids is 1. The molecule has 3 aromatic rings. The van der Waals surface area contributed by atoms with Gasteiger partial charge in [0.05, 0.1) is 24.1 Å². The van der Waals surface area contributed by atoms with Crippen LogP contribution in [0.25, 0.3) is 11.1 Å². The maximum absolute atomic E-state index is 13.1. The number of nitrogens with zero attached hydrogens (tertiary/aromatic N) is 2. The summed E-state index contributed by atoms with van der Waals surface area (Å²) in [5.41, 5.74) is 3.52. The number of alkyl halides is 2. The van der Waals surface area contributed by atoms with Gasteiger partial charge in [0.25, 0.3) is 5.91 Å². The highest BCUT2D eigenvalue weighted by atomic mass is 19.3. The van der Waals surface area contributed by atoms with Crippen molar-refractivity contribution in [3.8, 4) is 16.9 Å². The molecule has 1 saturated heterocycles. The molecule has 1 amide bonds. The first-order valence-electron chi connectivity index (χ1n) is 11.5. The van der Waals surface area contributed by atoms with Gasteiger partial charge in [-0.15, -0.1) is 0 Å². The average molecular weight is 482 g/mol. The minimum atomic E-state index is -3.25. The number of anilines is 2. The highest BCUT2D eigenvalue weighted by Crippen LogP contribution is 2.29. The van der Waals surface area contributed by atoms with Gasteiger partial charge in [0.2, 0.25) is 0 Å². The molecule has 0 unspecified atom stereocenters. The molecule has 0 spiro atoms. The average Bonchev–Trinajstić information content (AvgIpc) is 2.79. The second kappa shape index (κ2) is 10.00. The summed E-state index contributed by atoms with van der Waals surface area (Å²) >= 11 is 0. The molecular weight excluding hydrogens is 452 g/mol. The number of ether oxygens (including phenoxy) is 2. The third kappa shape index (κ3) is 6.14. The molecule has 1 N–H and O–H groups in total. The molecule has 0 saturated carbocycles. The molecule has 0 radical (unpaired) electrons. The van der Waals surface area contributed by atoms with E-state index >= 15 is 0 Å². The van der Waals surface area contributed by atoms with E-state index in [0.717, 1.165) is 35.6 Å². The lowest BCUT2D eigenvalue weighted by Crippen LogP contribution is -2.45. The Morgan fingerprint density at radius 2 is 1.77 bits per heavy atom. The summed E-state index contributed by atoms with van der Waals surface area (Å²) in [5, 5.41) is 2.91. The molecule has 4 rings (SSSR count). The van der Waals surface area contributed by atoms with Gasteiger partial charge in [-0.2, -0.15) is 8.78 Å². The monoisotopic (exact) mass is 481 g/mol. The second-order valence-electron chi connectivity index (χ2n) is 8.93. The lowest BCUT2D eigenvalue weighted by molar-refractivity contribution is -0.158. The van der Waals surface area contributed by atoms with Gasteiger partial charge in [0.1, 0.15) is 11.6 Å². The van der Waals surface area contributed by atoms with Gasteiger partial charge >= 0.3 is 6.11 Å². The van der Waals surface area contributed by atoms with Gasteiger partial charge in [-0.05, 0) is 67.8 Å². The summed E-state index contributed by atoms with van der Waals surface area (Å²) in [6, 6.07) is 15.5. The Hall–Kier alpha value is -3.52. The normalized spacial score (nSPS) is 18.3. The van der Waals surface area contributed by atoms with Gasteiger partial charge < -0.3 is 19.7 Å². The number of aromatic nitrogens is 1. The number of amides is 1. The van der Waals surface area contributed by atoms with Crippen LogP contribution in [0.3, 0.4) is 0 Å². The second-order valence-corrected chi connectivity index (χ2v) is 8.93. The van der Waals surface area contributed by atoms with Gasteiger partial charge in [0.15, 0.2) is 0 Å². The Kier molecular flexibility index (Phi) is 7.03. The zero-order valence-corrected chi connectivity index (χ0v) is 20.2. The molecule has 0 aliphatic carbocycles. The van der Waals surface area contributed by atoms with Crippen LogP contribution in [-0.2, 0) is 4.74 Å². The Morgan fingerprint density at radius 3 is 2.37 bits per heavy atom. The minimum absolute atomic E-state index is 0.0738. The Bertz CT molecular complexity index is 1170. The first kappa shape index (κ1) is 24.6. The van der Waals surface area contributed by atoms with Crippen LogP contribution in [-0.4, -0.2) is 42.3 Å². The lowest BCUT2D eigenvalue weighted by Gasteiger charge is -2.36. The standard InChI is InChI=1S/C27H29F2N3O3/c1-17-15-32(16-18(2)34-17)25-13-10-21(14-30-25)31-26(33)24-7-5-6-23(19(24)3)20-8-11-22(12-9-20)35-27(4,28)29/h5-14,17-18H,15-16H2,1-4H3,(H,31,33)/t17-,18+. The van der Waals surface area contributed by atoms with E-state index in [1.54, 1.807) is 30.5 Å². The molecule has 2 atom stereocenters. The Labute approximate surface area is 203 Å². The number of carbonyl (C=O) groups is 1. The van der Waals surface area contributed by atoms with Gasteiger partial charge in [0, 0.05) is 25.6 Å². The van der Waals surface area contributed by atoms with E-state index in [-0.39, 0.29) is 23.9 Å². The SMILES string of the molecule is Cc1c(C(=O)Nc2ccc(N3C[C@@H](C)O[C@@H](C)C3)nc2)cccc1-c1ccc(OC(C)(F)F)cc1. The number of rotatable bonds is 6. The maximum Gasteiger partial charge on any atom is 0.394 e. The van der Waals surface area contributed by atoms with Crippen LogP contribution in [0.4, 0.5) is 20.3 Å². The van der Waals surface area contributed by atoms with E-state index in [0.29, 0.717) is 18.2 Å². The number of hydrogen-bond acceptors (Lipinski definition) is 5. The van der Waals surface area contributed by atoms with E-state index in [2.05, 4.69) is 19.9 Å². The molecule has 184 valence electrons.